The van der Waals surface area contributed by atoms with E-state index in [1.54, 1.807) is 123 Å². The molecule has 1 saturated heterocycles. The summed E-state index contributed by atoms with van der Waals surface area (Å²) in [4.78, 5) is 109. The molecule has 1 fully saturated rings. The van der Waals surface area contributed by atoms with E-state index in [9.17, 15) is 84.8 Å². The van der Waals surface area contributed by atoms with E-state index in [4.69, 9.17) is 11.3 Å². The first-order valence-corrected chi connectivity index (χ1v) is 48.2. The Hall–Kier alpha value is -13.6. The highest BCUT2D eigenvalue weighted by Crippen LogP contribution is 2.43. The van der Waals surface area contributed by atoms with Crippen molar-refractivity contribution in [2.45, 2.75) is 178 Å². The number of pyridine rings is 6. The fourth-order valence-corrected chi connectivity index (χ4v) is 18.8. The number of hydrogen-bond donors (Lipinski definition) is 8. The van der Waals surface area contributed by atoms with Gasteiger partial charge < -0.3 is 44.9 Å². The lowest BCUT2D eigenvalue weighted by Crippen LogP contribution is -2.60. The molecule has 0 spiro atoms. The summed E-state index contributed by atoms with van der Waals surface area (Å²) in [5, 5.41) is 8.66. The zero-order valence-electron chi connectivity index (χ0n) is 75.4. The number of urea groups is 4. The Morgan fingerprint density at radius 2 is 0.910 bits per heavy atom. The number of halogens is 4. The van der Waals surface area contributed by atoms with Crippen molar-refractivity contribution in [3.8, 4) is 50.4 Å². The van der Waals surface area contributed by atoms with Gasteiger partial charge in [0.1, 0.15) is 49.8 Å². The molecule has 4 aromatic carbocycles. The van der Waals surface area contributed by atoms with Crippen molar-refractivity contribution in [1.82, 2.24) is 57.8 Å². The first-order chi connectivity index (χ1) is 62.6. The third kappa shape index (κ3) is 25.4. The first-order valence-electron chi connectivity index (χ1n) is 42.1. The van der Waals surface area contributed by atoms with Crippen molar-refractivity contribution in [1.29, 1.82) is 0 Å². The molecule has 8 heterocycles. The molecule has 704 valence electrons. The number of amides is 9. The lowest BCUT2D eigenvalue weighted by atomic mass is 9.94. The Morgan fingerprint density at radius 3 is 1.36 bits per heavy atom. The summed E-state index contributed by atoms with van der Waals surface area (Å²) in [6.45, 7) is 33.3. The molecule has 33 nitrogen and oxygen atoms in total. The lowest BCUT2D eigenvalue weighted by Gasteiger charge is -2.41. The quantitative estimate of drug-likeness (QED) is 0.0206. The number of hydrogen-bond acceptors (Lipinski definition) is 21. The van der Waals surface area contributed by atoms with Crippen LogP contribution < -0.4 is 56.0 Å². The topological polar surface area (TPSA) is 434 Å². The highest BCUT2D eigenvalue weighted by atomic mass is 32.2. The van der Waals surface area contributed by atoms with E-state index < -0.39 is 92.2 Å². The number of sulfonamides is 4. The van der Waals surface area contributed by atoms with Gasteiger partial charge in [0.25, 0.3) is 37.0 Å². The zero-order valence-corrected chi connectivity index (χ0v) is 78.6. The minimum absolute atomic E-state index is 0.0779. The number of fused-ring (bicyclic) bond motifs is 1. The number of methoxy groups -OCH3 is 1. The summed E-state index contributed by atoms with van der Waals surface area (Å²) in [5.41, 5.74) is 6.83. The van der Waals surface area contributed by atoms with Gasteiger partial charge in [0.2, 0.25) is 31.8 Å². The Bertz CT molecular complexity index is 6760. The van der Waals surface area contributed by atoms with Crippen molar-refractivity contribution in [3.05, 3.63) is 260 Å². The summed E-state index contributed by atoms with van der Waals surface area (Å²) in [6.07, 6.45) is 15.8. The molecule has 3 aliphatic rings. The molecular weight excluding hydrogens is 1800 g/mol. The number of anilines is 4. The molecular formula is C92H103F4N17O16S4. The number of likely N-dealkylation sites (tertiary alicyclic amines) is 1. The van der Waals surface area contributed by atoms with Crippen LogP contribution in [0.25, 0.3) is 49.4 Å². The van der Waals surface area contributed by atoms with Gasteiger partial charge in [0, 0.05) is 139 Å². The zero-order chi connectivity index (χ0) is 97.6. The number of nitrogens with zero attached hydrogens (tertiary/aromatic N) is 9. The number of benzene rings is 4. The van der Waals surface area contributed by atoms with Gasteiger partial charge in [-0.15, -0.1) is 4.98 Å². The predicted octanol–water partition coefficient (Wildman–Crippen LogP) is 15.6. The molecule has 1 aliphatic carbocycles. The summed E-state index contributed by atoms with van der Waals surface area (Å²) in [6, 6.07) is 22.2. The molecule has 13 rings (SSSR count). The van der Waals surface area contributed by atoms with E-state index in [1.165, 1.54) is 100 Å². The van der Waals surface area contributed by atoms with Gasteiger partial charge in [-0.2, -0.15) is 0 Å². The second-order valence-electron chi connectivity index (χ2n) is 33.3. The number of ether oxygens (including phenoxy) is 1. The van der Waals surface area contributed by atoms with Crippen molar-refractivity contribution in [2.24, 2.45) is 0 Å². The van der Waals surface area contributed by atoms with Crippen LogP contribution in [-0.2, 0) is 57.7 Å². The minimum Gasteiger partial charge on any atom is -0.481 e. The van der Waals surface area contributed by atoms with E-state index in [1.807, 2.05) is 60.6 Å². The number of carbonyl (C=O) groups excluding carboxylic acids is 5. The molecule has 41 heteroatoms. The smallest absolute Gasteiger partial charge is 0.333 e. The highest BCUT2D eigenvalue weighted by Gasteiger charge is 2.40. The highest BCUT2D eigenvalue weighted by molar-refractivity contribution is 7.91. The lowest BCUT2D eigenvalue weighted by molar-refractivity contribution is -0.128. The van der Waals surface area contributed by atoms with Gasteiger partial charge in [0.15, 0.2) is 0 Å². The maximum Gasteiger partial charge on any atom is 0.333 e. The summed E-state index contributed by atoms with van der Waals surface area (Å²) in [5.74, 6) is -2.30. The molecule has 1 atom stereocenters. The van der Waals surface area contributed by atoms with Gasteiger partial charge in [-0.25, -0.2) is 94.3 Å². The van der Waals surface area contributed by atoms with Crippen LogP contribution in [0.15, 0.2) is 196 Å². The predicted molar refractivity (Wildman–Crippen MR) is 499 cm³/mol. The van der Waals surface area contributed by atoms with Crippen LogP contribution in [-0.4, -0.2) is 152 Å². The summed E-state index contributed by atoms with van der Waals surface area (Å²) >= 11 is 0. The van der Waals surface area contributed by atoms with Gasteiger partial charge in [-0.05, 0) is 228 Å². The monoisotopic (exact) mass is 1910 g/mol. The third-order valence-electron chi connectivity index (χ3n) is 21.6. The van der Waals surface area contributed by atoms with Crippen molar-refractivity contribution in [2.75, 3.05) is 48.0 Å². The average Bonchev–Trinajstić information content (AvgIpc) is 1.77. The van der Waals surface area contributed by atoms with E-state index >= 15 is 0 Å². The molecule has 0 saturated carbocycles. The van der Waals surface area contributed by atoms with Crippen molar-refractivity contribution < 1.29 is 79.9 Å². The minimum atomic E-state index is -4.33. The SMILES string of the molecule is CC(C)c1cc(F)cc(-c2cccnc2)c1NC(=O)NS(=O)(=O)C1CN(C(C)C)C1.CC(C)n1cc(S(=O)(=O)NC(=O)Nc2c(-c3ccncc3)cc(F)c3c2CCC3)ccc1=O.COc1cc(-c2cc(F)cc(C(C)C)c2NC(=O)NS(=O)(=O)C2C=CC(=O)N(C(C)C)C2)ccn1.[C-]#[N+]c1cc(-c2cc(F)cc(C(C)C)c2NC(=O)NS(=O)(=O)c2ccc(=O)n(C(C)C)c2)ccn1. The van der Waals surface area contributed by atoms with Crippen LogP contribution in [0.5, 0.6) is 5.88 Å². The largest absolute Gasteiger partial charge is 0.481 e. The van der Waals surface area contributed by atoms with E-state index in [-0.39, 0.29) is 104 Å². The van der Waals surface area contributed by atoms with Gasteiger partial charge in [-0.1, -0.05) is 60.3 Å². The summed E-state index contributed by atoms with van der Waals surface area (Å²) in [7, 11) is -15.1. The number of carbonyl (C=O) groups is 5. The average molecular weight is 1910 g/mol. The molecule has 1 unspecified atom stereocenters. The molecule has 133 heavy (non-hydrogen) atoms. The number of rotatable bonds is 24. The normalized spacial score (nSPS) is 13.9. The molecule has 0 bridgehead atoms. The molecule has 0 radical (unpaired) electrons. The van der Waals surface area contributed by atoms with Crippen LogP contribution in [0.3, 0.4) is 0 Å². The maximum absolute atomic E-state index is 14.7. The molecule has 10 aromatic rings. The van der Waals surface area contributed by atoms with E-state index in [0.717, 1.165) is 36.9 Å². The van der Waals surface area contributed by atoms with Crippen LogP contribution in [0, 0.1) is 29.8 Å². The maximum atomic E-state index is 14.7. The van der Waals surface area contributed by atoms with Gasteiger partial charge in [0.05, 0.1) is 29.9 Å². The fourth-order valence-electron chi connectivity index (χ4n) is 14.7. The van der Waals surface area contributed by atoms with Crippen molar-refractivity contribution >= 4 is 98.7 Å². The van der Waals surface area contributed by atoms with E-state index in [2.05, 4.69) is 50.8 Å². The number of aromatic nitrogens is 6. The van der Waals surface area contributed by atoms with Crippen LogP contribution in [0.1, 0.15) is 161 Å². The van der Waals surface area contributed by atoms with Crippen LogP contribution in [0.4, 0.5) is 65.3 Å². The van der Waals surface area contributed by atoms with E-state index in [0.29, 0.717) is 110 Å². The van der Waals surface area contributed by atoms with Crippen LogP contribution >= 0.6 is 0 Å². The standard InChI is InChI=1S/C24H24FN5O4S.C24H29FN4O5S.C23H23FN4O4S.C21H27FN4O3S/c1-14(2)19-11-17(25)12-20(16-8-9-27-21(10-16)26-5)23(19)28-24(32)29-35(33,34)18-6-7-22(31)30(13-18)15(3)4;1-14(2)19-11-17(25)12-20(16-8-9-26-21(10-16)34-5)23(19)27-24(31)28-35(32,33)18-6-7-22(30)29(13-18)15(3)4;1-14(2)28-13-16(6-7-21(28)29)33(31,32)27-23(30)26-22-18-5-3-4-17(18)20(24)12-19(22)15-8-10-25-11-9-15;1-13(2)18-8-16(22)9-19(15-6-5-7-23-10-15)20(18)24-21(27)25-30(28,29)17-11-26(12-17)14(3)4/h6-15H,1-4H3,(H2,28,29,32);6-12,14-15,18H,13H2,1-5H3,(H2,27,28,31);6-14H,3-5H2,1-2H3,(H2,26,27,30);5-10,13-14,17H,11-12H2,1-4H3,(H2,24,25,27). The molecule has 8 N–H and O–H groups in total. The Morgan fingerprint density at radius 1 is 0.466 bits per heavy atom. The van der Waals surface area contributed by atoms with Gasteiger partial charge in [-0.3, -0.25) is 29.3 Å². The second-order valence-corrected chi connectivity index (χ2v) is 40.5. The Labute approximate surface area is 768 Å². The fraction of sp³-hybridized carbons (Fsp3) is 0.326. The first kappa shape index (κ1) is 102. The van der Waals surface area contributed by atoms with Crippen molar-refractivity contribution in [3.63, 3.8) is 0 Å². The number of nitrogens with one attached hydrogen (secondary N) is 8. The molecule has 9 amide bonds. The second kappa shape index (κ2) is 43.2. The Kier molecular flexibility index (Phi) is 33.0. The molecule has 6 aromatic heterocycles. The van der Waals surface area contributed by atoms with Gasteiger partial charge >= 0.3 is 24.1 Å². The van der Waals surface area contributed by atoms with Crippen LogP contribution in [0.2, 0.25) is 0 Å². The molecule has 2 aliphatic heterocycles. The summed E-state index contributed by atoms with van der Waals surface area (Å²) < 4.78 is 176. The third-order valence-corrected chi connectivity index (χ3v) is 27.5. The Balaban J connectivity index is 0.000000184.